The highest BCUT2D eigenvalue weighted by Gasteiger charge is 2.35. The van der Waals surface area contributed by atoms with Gasteiger partial charge in [0.2, 0.25) is 0 Å². The number of amides is 1. The normalized spacial score (nSPS) is 17.7. The van der Waals surface area contributed by atoms with Gasteiger partial charge in [0.05, 0.1) is 5.56 Å². The molecule has 1 aromatic rings. The molecule has 4 N–H and O–H groups in total. The number of benzene rings is 1. The second-order valence-electron chi connectivity index (χ2n) is 5.51. The van der Waals surface area contributed by atoms with E-state index in [0.29, 0.717) is 16.7 Å². The molecule has 0 radical (unpaired) electrons. The van der Waals surface area contributed by atoms with E-state index in [9.17, 15) is 4.79 Å². The molecule has 0 atom stereocenters. The van der Waals surface area contributed by atoms with Crippen LogP contribution in [0.2, 0.25) is 0 Å². The second kappa shape index (κ2) is 5.11. The molecule has 0 aromatic heterocycles. The van der Waals surface area contributed by atoms with Gasteiger partial charge in [-0.2, -0.15) is 0 Å². The average molecular weight is 261 g/mol. The second-order valence-corrected chi connectivity index (χ2v) is 5.51. The van der Waals surface area contributed by atoms with Gasteiger partial charge in [-0.15, -0.1) is 0 Å². The van der Waals surface area contributed by atoms with Crippen LogP contribution >= 0.6 is 0 Å². The predicted molar refractivity (Wildman–Crippen MR) is 79.2 cm³/mol. The number of carbonyl (C=O) groups excluding carboxylic acids is 1. The summed E-state index contributed by atoms with van der Waals surface area (Å²) in [6.07, 6.45) is 3.59. The standard InChI is InChI=1S/C15H23N3O/c1-3-15(4-2)7-8-18(10-15)11-5-6-13(16)12(9-11)14(17)19/h5-6,9H,3-4,7-8,10,16H2,1-2H3,(H2,17,19). The molecule has 0 aliphatic carbocycles. The fourth-order valence-corrected chi connectivity index (χ4v) is 2.94. The van der Waals surface area contributed by atoms with E-state index in [2.05, 4.69) is 18.7 Å². The van der Waals surface area contributed by atoms with E-state index in [0.717, 1.165) is 18.8 Å². The lowest BCUT2D eigenvalue weighted by molar-refractivity contribution is 0.100. The zero-order chi connectivity index (χ0) is 14.0. The lowest BCUT2D eigenvalue weighted by Crippen LogP contribution is -2.26. The fourth-order valence-electron chi connectivity index (χ4n) is 2.94. The molecular weight excluding hydrogens is 238 g/mol. The molecule has 4 nitrogen and oxygen atoms in total. The van der Waals surface area contributed by atoms with Gasteiger partial charge < -0.3 is 16.4 Å². The first kappa shape index (κ1) is 13.7. The molecule has 104 valence electrons. The van der Waals surface area contributed by atoms with Crippen molar-refractivity contribution in [2.75, 3.05) is 23.7 Å². The topological polar surface area (TPSA) is 72.3 Å². The Bertz CT molecular complexity index is 480. The van der Waals surface area contributed by atoms with Gasteiger partial charge in [0.25, 0.3) is 5.91 Å². The van der Waals surface area contributed by atoms with Crippen LogP contribution < -0.4 is 16.4 Å². The summed E-state index contributed by atoms with van der Waals surface area (Å²) in [6, 6.07) is 5.57. The van der Waals surface area contributed by atoms with Crippen LogP contribution in [0.4, 0.5) is 11.4 Å². The Labute approximate surface area is 114 Å². The molecule has 4 heteroatoms. The Hall–Kier alpha value is -1.71. The molecule has 1 fully saturated rings. The highest BCUT2D eigenvalue weighted by atomic mass is 16.1. The Kier molecular flexibility index (Phi) is 3.69. The van der Waals surface area contributed by atoms with Crippen LogP contribution in [0.25, 0.3) is 0 Å². The van der Waals surface area contributed by atoms with Gasteiger partial charge in [-0.05, 0) is 42.9 Å². The van der Waals surface area contributed by atoms with Gasteiger partial charge in [0, 0.05) is 24.5 Å². The van der Waals surface area contributed by atoms with E-state index in [1.54, 1.807) is 6.07 Å². The van der Waals surface area contributed by atoms with E-state index in [4.69, 9.17) is 11.5 Å². The van der Waals surface area contributed by atoms with Crippen molar-refractivity contribution in [2.24, 2.45) is 11.1 Å². The van der Waals surface area contributed by atoms with Crippen LogP contribution in [-0.2, 0) is 0 Å². The van der Waals surface area contributed by atoms with Crippen molar-refractivity contribution in [3.05, 3.63) is 23.8 Å². The molecule has 1 amide bonds. The van der Waals surface area contributed by atoms with Crippen LogP contribution in [0.15, 0.2) is 18.2 Å². The van der Waals surface area contributed by atoms with Gasteiger partial charge in [-0.25, -0.2) is 0 Å². The number of nitrogens with two attached hydrogens (primary N) is 2. The molecule has 1 saturated heterocycles. The van der Waals surface area contributed by atoms with E-state index < -0.39 is 5.91 Å². The summed E-state index contributed by atoms with van der Waals surface area (Å²) in [4.78, 5) is 13.7. The third kappa shape index (κ3) is 2.53. The third-order valence-corrected chi connectivity index (χ3v) is 4.61. The highest BCUT2D eigenvalue weighted by molar-refractivity contribution is 5.99. The number of carbonyl (C=O) groups is 1. The van der Waals surface area contributed by atoms with Crippen molar-refractivity contribution in [1.29, 1.82) is 0 Å². The van der Waals surface area contributed by atoms with E-state index >= 15 is 0 Å². The molecule has 1 aromatic carbocycles. The Balaban J connectivity index is 2.25. The Morgan fingerprint density at radius 3 is 2.58 bits per heavy atom. The average Bonchev–Trinajstić information content (AvgIpc) is 2.84. The maximum Gasteiger partial charge on any atom is 0.250 e. The third-order valence-electron chi connectivity index (χ3n) is 4.61. The van der Waals surface area contributed by atoms with Crippen LogP contribution in [-0.4, -0.2) is 19.0 Å². The number of anilines is 2. The lowest BCUT2D eigenvalue weighted by atomic mass is 9.82. The molecular formula is C15H23N3O. The largest absolute Gasteiger partial charge is 0.398 e. The number of primary amides is 1. The van der Waals surface area contributed by atoms with Gasteiger partial charge in [-0.3, -0.25) is 4.79 Å². The molecule has 1 aliphatic heterocycles. The van der Waals surface area contributed by atoms with Gasteiger partial charge in [-0.1, -0.05) is 13.8 Å². The van der Waals surface area contributed by atoms with Gasteiger partial charge in [0.15, 0.2) is 0 Å². The Morgan fingerprint density at radius 1 is 1.37 bits per heavy atom. The minimum atomic E-state index is -0.462. The maximum atomic E-state index is 11.4. The van der Waals surface area contributed by atoms with Crippen molar-refractivity contribution in [3.63, 3.8) is 0 Å². The summed E-state index contributed by atoms with van der Waals surface area (Å²) in [5.41, 5.74) is 13.5. The first-order chi connectivity index (χ1) is 9.01. The molecule has 1 heterocycles. The quantitative estimate of drug-likeness (QED) is 0.817. The number of nitrogens with zero attached hydrogens (tertiary/aromatic N) is 1. The molecule has 0 bridgehead atoms. The fraction of sp³-hybridized carbons (Fsp3) is 0.533. The molecule has 1 aliphatic rings. The summed E-state index contributed by atoms with van der Waals surface area (Å²) in [5, 5.41) is 0. The van der Waals surface area contributed by atoms with Crippen molar-refractivity contribution < 1.29 is 4.79 Å². The number of rotatable bonds is 4. The van der Waals surface area contributed by atoms with Gasteiger partial charge in [0.1, 0.15) is 0 Å². The minimum absolute atomic E-state index is 0.411. The summed E-state index contributed by atoms with van der Waals surface area (Å²) in [7, 11) is 0. The van der Waals surface area contributed by atoms with Crippen LogP contribution in [0.5, 0.6) is 0 Å². The number of hydrogen-bond donors (Lipinski definition) is 2. The van der Waals surface area contributed by atoms with Crippen molar-refractivity contribution in [3.8, 4) is 0 Å². The van der Waals surface area contributed by atoms with Crippen molar-refractivity contribution >= 4 is 17.3 Å². The van der Waals surface area contributed by atoms with Crippen LogP contribution in [0.3, 0.4) is 0 Å². The molecule has 0 saturated carbocycles. The molecule has 19 heavy (non-hydrogen) atoms. The zero-order valence-corrected chi connectivity index (χ0v) is 11.8. The highest BCUT2D eigenvalue weighted by Crippen LogP contribution is 2.39. The summed E-state index contributed by atoms with van der Waals surface area (Å²) in [6.45, 7) is 6.58. The van der Waals surface area contributed by atoms with Gasteiger partial charge >= 0.3 is 0 Å². The van der Waals surface area contributed by atoms with Crippen LogP contribution in [0.1, 0.15) is 43.5 Å². The first-order valence-electron chi connectivity index (χ1n) is 6.95. The summed E-state index contributed by atoms with van der Waals surface area (Å²) >= 11 is 0. The molecule has 0 unspecified atom stereocenters. The smallest absolute Gasteiger partial charge is 0.250 e. The van der Waals surface area contributed by atoms with Crippen LogP contribution in [0, 0.1) is 5.41 Å². The number of hydrogen-bond acceptors (Lipinski definition) is 3. The summed E-state index contributed by atoms with van der Waals surface area (Å²) in [5.74, 6) is -0.462. The van der Waals surface area contributed by atoms with E-state index in [-0.39, 0.29) is 0 Å². The maximum absolute atomic E-state index is 11.4. The first-order valence-corrected chi connectivity index (χ1v) is 6.95. The van der Waals surface area contributed by atoms with E-state index in [1.807, 2.05) is 12.1 Å². The van der Waals surface area contributed by atoms with Crippen molar-refractivity contribution in [2.45, 2.75) is 33.1 Å². The molecule has 2 rings (SSSR count). The molecule has 0 spiro atoms. The predicted octanol–water partition coefficient (Wildman–Crippen LogP) is 2.38. The SMILES string of the molecule is CCC1(CC)CCN(c2ccc(N)c(C(N)=O)c2)C1. The summed E-state index contributed by atoms with van der Waals surface area (Å²) < 4.78 is 0. The number of nitrogen functional groups attached to an aromatic ring is 1. The monoisotopic (exact) mass is 261 g/mol. The zero-order valence-electron chi connectivity index (χ0n) is 11.8. The minimum Gasteiger partial charge on any atom is -0.398 e. The van der Waals surface area contributed by atoms with Crippen molar-refractivity contribution in [1.82, 2.24) is 0 Å². The van der Waals surface area contributed by atoms with E-state index in [1.165, 1.54) is 19.3 Å². The Morgan fingerprint density at radius 2 is 2.05 bits per heavy atom. The lowest BCUT2D eigenvalue weighted by Gasteiger charge is -2.27.